The van der Waals surface area contributed by atoms with Crippen LogP contribution in [0, 0.1) is 17.8 Å². The third-order valence-corrected chi connectivity index (χ3v) is 11.4. The maximum Gasteiger partial charge on any atom is 0.202 e. The van der Waals surface area contributed by atoms with Crippen molar-refractivity contribution in [3.05, 3.63) is 58.7 Å². The summed E-state index contributed by atoms with van der Waals surface area (Å²) in [5, 5.41) is 0. The molecule has 1 aliphatic heterocycles. The van der Waals surface area contributed by atoms with Gasteiger partial charge < -0.3 is 4.98 Å². The van der Waals surface area contributed by atoms with Crippen molar-refractivity contribution in [2.45, 2.75) is 95.5 Å². The van der Waals surface area contributed by atoms with Gasteiger partial charge in [0.1, 0.15) is 5.69 Å². The second kappa shape index (κ2) is 9.03. The summed E-state index contributed by atoms with van der Waals surface area (Å²) in [5.41, 5.74) is 5.24. The fraction of sp³-hybridized carbons (Fsp3) is 0.533. The van der Waals surface area contributed by atoms with E-state index in [1.165, 1.54) is 11.8 Å². The van der Waals surface area contributed by atoms with Gasteiger partial charge in [0.2, 0.25) is 5.78 Å². The standard InChI is InChI=1S/C30H38N2O3S/c1-8-24-19-31-27(32-24)26(33)16-22-10-9-21(15-25(22)20-11-13-28(2,3)14-12-20)23-17-29(4,5)36(34,35)30(6,7)18-23/h1,9-11,15,19,23H,12-14,16-18H2,2-7H3,(H,31,32). The molecule has 0 unspecified atom stereocenters. The number of aromatic amines is 1. The average molecular weight is 507 g/mol. The number of carbonyl (C=O) groups excluding carboxylic acids is 1. The van der Waals surface area contributed by atoms with Gasteiger partial charge in [0, 0.05) is 6.42 Å². The Balaban J connectivity index is 1.73. The van der Waals surface area contributed by atoms with Crippen LogP contribution in [-0.2, 0) is 16.3 Å². The number of nitrogens with zero attached hydrogens (tertiary/aromatic N) is 1. The lowest BCUT2D eigenvalue weighted by Gasteiger charge is -2.44. The van der Waals surface area contributed by atoms with Crippen LogP contribution in [0.25, 0.3) is 5.57 Å². The van der Waals surface area contributed by atoms with E-state index >= 15 is 0 Å². The van der Waals surface area contributed by atoms with Gasteiger partial charge in [-0.15, -0.1) is 6.42 Å². The van der Waals surface area contributed by atoms with Crippen LogP contribution in [-0.4, -0.2) is 33.7 Å². The first-order valence-corrected chi connectivity index (χ1v) is 14.3. The van der Waals surface area contributed by atoms with Crippen LogP contribution >= 0.6 is 0 Å². The molecule has 0 saturated carbocycles. The number of carbonyl (C=O) groups is 1. The summed E-state index contributed by atoms with van der Waals surface area (Å²) < 4.78 is 24.8. The number of H-pyrrole nitrogens is 1. The summed E-state index contributed by atoms with van der Waals surface area (Å²) in [5.74, 6) is 2.78. The van der Waals surface area contributed by atoms with Gasteiger partial charge in [-0.2, -0.15) is 0 Å². The summed E-state index contributed by atoms with van der Waals surface area (Å²) in [7, 11) is -3.26. The van der Waals surface area contributed by atoms with Crippen LogP contribution in [0.3, 0.4) is 0 Å². The zero-order chi connectivity index (χ0) is 26.5. The number of Topliss-reactive ketones (excluding diaryl/α,β-unsaturated/α-hetero) is 1. The predicted molar refractivity (Wildman–Crippen MR) is 146 cm³/mol. The number of ketones is 1. The Bertz CT molecular complexity index is 1340. The lowest BCUT2D eigenvalue weighted by atomic mass is 9.75. The largest absolute Gasteiger partial charge is 0.329 e. The van der Waals surface area contributed by atoms with E-state index in [9.17, 15) is 13.2 Å². The van der Waals surface area contributed by atoms with Crippen LogP contribution in [0.15, 0.2) is 30.5 Å². The monoisotopic (exact) mass is 506 g/mol. The SMILES string of the molecule is C#Cc1cnc(C(=O)Cc2ccc(C3CC(C)(C)S(=O)(=O)C(C)(C)C3)cc2C2=CCC(C)(C)CC2)[nH]1. The lowest BCUT2D eigenvalue weighted by molar-refractivity contribution is 0.0984. The molecule has 2 aromatic rings. The fourth-order valence-electron chi connectivity index (χ4n) is 5.88. The molecule has 6 heteroatoms. The highest BCUT2D eigenvalue weighted by Gasteiger charge is 2.52. The van der Waals surface area contributed by atoms with E-state index in [0.717, 1.165) is 36.0 Å². The van der Waals surface area contributed by atoms with Crippen molar-refractivity contribution in [2.24, 2.45) is 5.41 Å². The minimum Gasteiger partial charge on any atom is -0.329 e. The summed E-state index contributed by atoms with van der Waals surface area (Å²) in [6, 6.07) is 6.36. The molecule has 1 aliphatic carbocycles. The Kier molecular flexibility index (Phi) is 6.62. The number of benzene rings is 1. The zero-order valence-corrected chi connectivity index (χ0v) is 23.2. The number of allylic oxidation sites excluding steroid dienone is 2. The molecule has 0 radical (unpaired) electrons. The Hall–Kier alpha value is -2.65. The zero-order valence-electron chi connectivity index (χ0n) is 22.4. The molecule has 0 amide bonds. The van der Waals surface area contributed by atoms with Gasteiger partial charge in [0.25, 0.3) is 0 Å². The van der Waals surface area contributed by atoms with Crippen molar-refractivity contribution in [1.29, 1.82) is 0 Å². The first-order valence-electron chi connectivity index (χ1n) is 12.8. The van der Waals surface area contributed by atoms with E-state index in [2.05, 4.69) is 54.0 Å². The Labute approximate surface area is 216 Å². The molecule has 0 bridgehead atoms. The van der Waals surface area contributed by atoms with Crippen LogP contribution in [0.1, 0.15) is 113 Å². The molecule has 1 N–H and O–H groups in total. The van der Waals surface area contributed by atoms with E-state index in [1.54, 1.807) is 0 Å². The molecule has 0 atom stereocenters. The van der Waals surface area contributed by atoms with E-state index in [0.29, 0.717) is 18.5 Å². The number of rotatable bonds is 5. The van der Waals surface area contributed by atoms with E-state index < -0.39 is 19.3 Å². The van der Waals surface area contributed by atoms with Crippen molar-refractivity contribution in [3.63, 3.8) is 0 Å². The number of hydrogen-bond donors (Lipinski definition) is 1. The quantitative estimate of drug-likeness (QED) is 0.383. The first-order chi connectivity index (χ1) is 16.7. The molecular weight excluding hydrogens is 468 g/mol. The molecule has 1 aromatic carbocycles. The Morgan fingerprint density at radius 1 is 1.14 bits per heavy atom. The van der Waals surface area contributed by atoms with Crippen molar-refractivity contribution < 1.29 is 13.2 Å². The second-order valence-electron chi connectivity index (χ2n) is 12.5. The van der Waals surface area contributed by atoms with Crippen LogP contribution in [0.4, 0.5) is 0 Å². The molecule has 1 aromatic heterocycles. The van der Waals surface area contributed by atoms with Gasteiger partial charge in [0.05, 0.1) is 15.7 Å². The van der Waals surface area contributed by atoms with Crippen LogP contribution in [0.5, 0.6) is 0 Å². The smallest absolute Gasteiger partial charge is 0.202 e. The molecule has 2 aliphatic rings. The van der Waals surface area contributed by atoms with Crippen molar-refractivity contribution in [3.8, 4) is 12.3 Å². The fourth-order valence-corrected chi connectivity index (χ4v) is 8.21. The number of nitrogens with one attached hydrogen (secondary N) is 1. The third kappa shape index (κ3) is 4.83. The van der Waals surface area contributed by atoms with Gasteiger partial charge >= 0.3 is 0 Å². The molecule has 1 fully saturated rings. The van der Waals surface area contributed by atoms with Gasteiger partial charge in [-0.05, 0) is 93.4 Å². The maximum absolute atomic E-state index is 13.2. The number of hydrogen-bond acceptors (Lipinski definition) is 4. The van der Waals surface area contributed by atoms with E-state index in [-0.39, 0.29) is 29.4 Å². The first kappa shape index (κ1) is 26.4. The molecule has 2 heterocycles. The maximum atomic E-state index is 13.2. The summed E-state index contributed by atoms with van der Waals surface area (Å²) in [4.78, 5) is 20.1. The summed E-state index contributed by atoms with van der Waals surface area (Å²) in [6.07, 6.45) is 13.7. The van der Waals surface area contributed by atoms with Gasteiger partial charge in [-0.1, -0.05) is 44.0 Å². The van der Waals surface area contributed by atoms with E-state index in [4.69, 9.17) is 6.42 Å². The number of aromatic nitrogens is 2. The molecule has 192 valence electrons. The summed E-state index contributed by atoms with van der Waals surface area (Å²) in [6.45, 7) is 12.0. The summed E-state index contributed by atoms with van der Waals surface area (Å²) >= 11 is 0. The minimum atomic E-state index is -3.26. The van der Waals surface area contributed by atoms with Crippen LogP contribution in [0.2, 0.25) is 0 Å². The second-order valence-corrected chi connectivity index (χ2v) is 15.7. The van der Waals surface area contributed by atoms with Crippen molar-refractivity contribution in [2.75, 3.05) is 0 Å². The molecular formula is C30H38N2O3S. The average Bonchev–Trinajstić information content (AvgIpc) is 3.27. The van der Waals surface area contributed by atoms with E-state index in [1.807, 2.05) is 27.7 Å². The Morgan fingerprint density at radius 2 is 1.81 bits per heavy atom. The normalized spacial score (nSPS) is 22.4. The number of imidazole rings is 1. The lowest BCUT2D eigenvalue weighted by Crippen LogP contribution is -2.51. The molecule has 0 spiro atoms. The van der Waals surface area contributed by atoms with Gasteiger partial charge in [-0.3, -0.25) is 4.79 Å². The molecule has 5 nitrogen and oxygen atoms in total. The number of terminal acetylenes is 1. The Morgan fingerprint density at radius 3 is 2.36 bits per heavy atom. The third-order valence-electron chi connectivity index (χ3n) is 8.20. The van der Waals surface area contributed by atoms with Crippen molar-refractivity contribution >= 4 is 21.2 Å². The highest BCUT2D eigenvalue weighted by Crippen LogP contribution is 2.49. The molecule has 1 saturated heterocycles. The predicted octanol–water partition coefficient (Wildman–Crippen LogP) is 6.26. The van der Waals surface area contributed by atoms with Crippen molar-refractivity contribution in [1.82, 2.24) is 9.97 Å². The molecule has 4 rings (SSSR count). The topological polar surface area (TPSA) is 79.9 Å². The minimum absolute atomic E-state index is 0.103. The highest BCUT2D eigenvalue weighted by molar-refractivity contribution is 7.94. The number of sulfone groups is 1. The van der Waals surface area contributed by atoms with Gasteiger partial charge in [0.15, 0.2) is 15.7 Å². The van der Waals surface area contributed by atoms with Crippen LogP contribution < -0.4 is 0 Å². The molecule has 36 heavy (non-hydrogen) atoms. The van der Waals surface area contributed by atoms with Gasteiger partial charge in [-0.25, -0.2) is 13.4 Å². The highest BCUT2D eigenvalue weighted by atomic mass is 32.2.